The number of hydrogen-bond acceptors (Lipinski definition) is 3. The van der Waals surface area contributed by atoms with E-state index in [0.717, 1.165) is 29.9 Å². The van der Waals surface area contributed by atoms with Crippen molar-refractivity contribution in [2.45, 2.75) is 32.4 Å². The van der Waals surface area contributed by atoms with Crippen molar-refractivity contribution in [3.8, 4) is 17.0 Å². The first kappa shape index (κ1) is 14.5. The molecule has 0 fully saturated rings. The number of aromatic nitrogens is 2. The van der Waals surface area contributed by atoms with Crippen molar-refractivity contribution in [3.05, 3.63) is 36.3 Å². The Balaban J connectivity index is 2.04. The van der Waals surface area contributed by atoms with E-state index in [0.29, 0.717) is 0 Å². The van der Waals surface area contributed by atoms with Crippen molar-refractivity contribution < 1.29 is 13.5 Å². The maximum atomic E-state index is 12.0. The fraction of sp³-hybridized carbons (Fsp3) is 0.357. The lowest BCUT2D eigenvalue weighted by Gasteiger charge is -2.05. The van der Waals surface area contributed by atoms with E-state index in [4.69, 9.17) is 5.73 Å². The minimum absolute atomic E-state index is 0.134. The van der Waals surface area contributed by atoms with E-state index in [1.165, 1.54) is 12.1 Å². The van der Waals surface area contributed by atoms with Crippen LogP contribution in [-0.4, -0.2) is 22.6 Å². The summed E-state index contributed by atoms with van der Waals surface area (Å²) in [7, 11) is 0. The second-order valence-electron chi connectivity index (χ2n) is 4.66. The molecule has 0 saturated heterocycles. The minimum atomic E-state index is -2.81. The van der Waals surface area contributed by atoms with Gasteiger partial charge in [-0.05, 0) is 43.2 Å². The molecule has 0 radical (unpaired) electrons. The SMILES string of the molecule is CC(N)CCc1ncc(-c2ccc(OC(F)F)cc2)[nH]1. The summed E-state index contributed by atoms with van der Waals surface area (Å²) in [6, 6.07) is 6.56. The summed E-state index contributed by atoms with van der Waals surface area (Å²) in [6.07, 6.45) is 3.36. The van der Waals surface area contributed by atoms with E-state index < -0.39 is 6.61 Å². The Hall–Kier alpha value is -1.95. The molecule has 0 saturated carbocycles. The topological polar surface area (TPSA) is 63.9 Å². The first-order chi connectivity index (χ1) is 9.54. The molecule has 1 heterocycles. The zero-order chi connectivity index (χ0) is 14.5. The van der Waals surface area contributed by atoms with Crippen molar-refractivity contribution in [3.63, 3.8) is 0 Å². The average molecular weight is 281 g/mol. The van der Waals surface area contributed by atoms with Crippen LogP contribution in [-0.2, 0) is 6.42 Å². The van der Waals surface area contributed by atoms with E-state index in [1.807, 2.05) is 6.92 Å². The Kier molecular flexibility index (Phi) is 4.68. The van der Waals surface area contributed by atoms with Gasteiger partial charge in [0.15, 0.2) is 0 Å². The summed E-state index contributed by atoms with van der Waals surface area (Å²) in [5.74, 6) is 1.01. The number of rotatable bonds is 6. The third-order valence-electron chi connectivity index (χ3n) is 2.86. The average Bonchev–Trinajstić information content (AvgIpc) is 2.85. The van der Waals surface area contributed by atoms with Crippen LogP contribution in [0.1, 0.15) is 19.2 Å². The molecule has 108 valence electrons. The summed E-state index contributed by atoms with van der Waals surface area (Å²) >= 11 is 0. The number of hydrogen-bond donors (Lipinski definition) is 2. The van der Waals surface area contributed by atoms with Crippen LogP contribution in [0, 0.1) is 0 Å². The summed E-state index contributed by atoms with van der Waals surface area (Å²) in [4.78, 5) is 7.46. The normalized spacial score (nSPS) is 12.7. The highest BCUT2D eigenvalue weighted by atomic mass is 19.3. The molecule has 1 aromatic carbocycles. The summed E-state index contributed by atoms with van der Waals surface area (Å²) in [5, 5.41) is 0. The molecule has 0 aliphatic heterocycles. The van der Waals surface area contributed by atoms with Gasteiger partial charge >= 0.3 is 6.61 Å². The molecule has 2 rings (SSSR count). The van der Waals surface area contributed by atoms with Crippen molar-refractivity contribution in [2.75, 3.05) is 0 Å². The lowest BCUT2D eigenvalue weighted by Crippen LogP contribution is -2.15. The van der Waals surface area contributed by atoms with Gasteiger partial charge in [0, 0.05) is 12.5 Å². The molecule has 0 spiro atoms. The Labute approximate surface area is 116 Å². The highest BCUT2D eigenvalue weighted by molar-refractivity contribution is 5.59. The van der Waals surface area contributed by atoms with Crippen LogP contribution in [0.15, 0.2) is 30.5 Å². The predicted octanol–water partition coefficient (Wildman–Crippen LogP) is 2.96. The molecule has 2 aromatic rings. The van der Waals surface area contributed by atoms with Crippen LogP contribution in [0.5, 0.6) is 5.75 Å². The van der Waals surface area contributed by atoms with Crippen LogP contribution in [0.25, 0.3) is 11.3 Å². The number of aromatic amines is 1. The molecule has 4 nitrogen and oxygen atoms in total. The fourth-order valence-electron chi connectivity index (χ4n) is 1.82. The number of alkyl halides is 2. The number of halogens is 2. The highest BCUT2D eigenvalue weighted by Gasteiger charge is 2.07. The van der Waals surface area contributed by atoms with Crippen molar-refractivity contribution in [2.24, 2.45) is 5.73 Å². The Morgan fingerprint density at radius 2 is 2.00 bits per heavy atom. The van der Waals surface area contributed by atoms with Gasteiger partial charge in [-0.25, -0.2) is 4.98 Å². The lowest BCUT2D eigenvalue weighted by atomic mass is 10.1. The number of ether oxygens (including phenoxy) is 1. The van der Waals surface area contributed by atoms with E-state index in [-0.39, 0.29) is 11.8 Å². The number of nitrogens with two attached hydrogens (primary N) is 1. The molecular weight excluding hydrogens is 264 g/mol. The van der Waals surface area contributed by atoms with E-state index >= 15 is 0 Å². The molecule has 20 heavy (non-hydrogen) atoms. The predicted molar refractivity (Wildman–Crippen MR) is 72.6 cm³/mol. The highest BCUT2D eigenvalue weighted by Crippen LogP contribution is 2.22. The van der Waals surface area contributed by atoms with Gasteiger partial charge in [-0.15, -0.1) is 0 Å². The second-order valence-corrected chi connectivity index (χ2v) is 4.66. The lowest BCUT2D eigenvalue weighted by molar-refractivity contribution is -0.0498. The van der Waals surface area contributed by atoms with Gasteiger partial charge in [0.25, 0.3) is 0 Å². The fourth-order valence-corrected chi connectivity index (χ4v) is 1.82. The number of nitrogens with one attached hydrogen (secondary N) is 1. The summed E-state index contributed by atoms with van der Waals surface area (Å²) < 4.78 is 28.4. The Morgan fingerprint density at radius 1 is 1.30 bits per heavy atom. The van der Waals surface area contributed by atoms with Gasteiger partial charge < -0.3 is 15.5 Å². The first-order valence-electron chi connectivity index (χ1n) is 6.39. The molecule has 3 N–H and O–H groups in total. The Bertz CT molecular complexity index is 538. The summed E-state index contributed by atoms with van der Waals surface area (Å²) in [6.45, 7) is -0.858. The van der Waals surface area contributed by atoms with Crippen LogP contribution in [0.2, 0.25) is 0 Å². The maximum Gasteiger partial charge on any atom is 0.387 e. The number of aryl methyl sites for hydroxylation is 1. The second kappa shape index (κ2) is 6.47. The van der Waals surface area contributed by atoms with Crippen LogP contribution >= 0.6 is 0 Å². The Morgan fingerprint density at radius 3 is 2.60 bits per heavy atom. The molecule has 1 atom stereocenters. The van der Waals surface area contributed by atoms with Crippen LogP contribution in [0.3, 0.4) is 0 Å². The van der Waals surface area contributed by atoms with Gasteiger partial charge in [-0.2, -0.15) is 8.78 Å². The smallest absolute Gasteiger partial charge is 0.387 e. The van der Waals surface area contributed by atoms with Crippen molar-refractivity contribution in [1.82, 2.24) is 9.97 Å². The standard InChI is InChI=1S/C14H17F2N3O/c1-9(17)2-7-13-18-8-12(19-13)10-3-5-11(6-4-10)20-14(15)16/h3-6,8-9,14H,2,7,17H2,1H3,(H,18,19). The molecule has 0 bridgehead atoms. The van der Waals surface area contributed by atoms with E-state index in [2.05, 4.69) is 14.7 Å². The number of nitrogens with zero attached hydrogens (tertiary/aromatic N) is 1. The minimum Gasteiger partial charge on any atom is -0.435 e. The van der Waals surface area contributed by atoms with Gasteiger partial charge in [0.1, 0.15) is 11.6 Å². The molecule has 0 aliphatic rings. The zero-order valence-corrected chi connectivity index (χ0v) is 11.1. The molecule has 0 aliphatic carbocycles. The van der Waals surface area contributed by atoms with E-state index in [9.17, 15) is 8.78 Å². The van der Waals surface area contributed by atoms with E-state index in [1.54, 1.807) is 18.3 Å². The zero-order valence-electron chi connectivity index (χ0n) is 11.1. The quantitative estimate of drug-likeness (QED) is 0.855. The van der Waals surface area contributed by atoms with Crippen LogP contribution in [0.4, 0.5) is 8.78 Å². The molecule has 0 amide bonds. The molecule has 6 heteroatoms. The number of benzene rings is 1. The number of imidazole rings is 1. The monoisotopic (exact) mass is 281 g/mol. The van der Waals surface area contributed by atoms with Crippen molar-refractivity contribution in [1.29, 1.82) is 0 Å². The molecule has 1 aromatic heterocycles. The third kappa shape index (κ3) is 4.03. The summed E-state index contributed by atoms with van der Waals surface area (Å²) in [5.41, 5.74) is 7.41. The van der Waals surface area contributed by atoms with Gasteiger partial charge in [-0.3, -0.25) is 0 Å². The van der Waals surface area contributed by atoms with Gasteiger partial charge in [-0.1, -0.05) is 0 Å². The maximum absolute atomic E-state index is 12.0. The van der Waals surface area contributed by atoms with Gasteiger partial charge in [0.05, 0.1) is 11.9 Å². The first-order valence-corrected chi connectivity index (χ1v) is 6.39. The number of H-pyrrole nitrogens is 1. The largest absolute Gasteiger partial charge is 0.435 e. The van der Waals surface area contributed by atoms with Crippen LogP contribution < -0.4 is 10.5 Å². The van der Waals surface area contributed by atoms with Gasteiger partial charge in [0.2, 0.25) is 0 Å². The third-order valence-corrected chi connectivity index (χ3v) is 2.86. The molecule has 1 unspecified atom stereocenters. The molecular formula is C14H17F2N3O. The van der Waals surface area contributed by atoms with Crippen molar-refractivity contribution >= 4 is 0 Å².